The molecule has 0 amide bonds. The molecular formula is C24H33BrO2. The highest BCUT2D eigenvalue weighted by Crippen LogP contribution is 2.65. The third kappa shape index (κ3) is 2.96. The lowest BCUT2D eigenvalue weighted by molar-refractivity contribution is -0.0198. The first-order valence-corrected chi connectivity index (χ1v) is 11.7. The summed E-state index contributed by atoms with van der Waals surface area (Å²) in [5.41, 5.74) is 3.73. The molecular weight excluding hydrogens is 400 g/mol. The Hall–Kier alpha value is -0.960. The minimum atomic E-state index is 0.129. The van der Waals surface area contributed by atoms with E-state index < -0.39 is 0 Å². The van der Waals surface area contributed by atoms with E-state index in [2.05, 4.69) is 42.8 Å². The number of phenols is 2. The molecule has 0 radical (unpaired) electrons. The molecule has 0 heterocycles. The molecule has 1 aromatic rings. The third-order valence-corrected chi connectivity index (χ3v) is 8.76. The predicted octanol–water partition coefficient (Wildman–Crippen LogP) is 6.79. The van der Waals surface area contributed by atoms with E-state index in [-0.39, 0.29) is 16.7 Å². The fourth-order valence-corrected chi connectivity index (χ4v) is 6.65. The van der Waals surface area contributed by atoms with Crippen molar-refractivity contribution in [3.8, 4) is 11.5 Å². The van der Waals surface area contributed by atoms with Crippen molar-refractivity contribution in [1.82, 2.24) is 0 Å². The van der Waals surface area contributed by atoms with Crippen LogP contribution in [-0.2, 0) is 5.41 Å². The van der Waals surface area contributed by atoms with Crippen LogP contribution in [0.3, 0.4) is 0 Å². The minimum absolute atomic E-state index is 0.129. The van der Waals surface area contributed by atoms with Crippen molar-refractivity contribution in [3.63, 3.8) is 0 Å². The monoisotopic (exact) mass is 432 g/mol. The van der Waals surface area contributed by atoms with Crippen molar-refractivity contribution >= 4 is 15.9 Å². The van der Waals surface area contributed by atoms with Gasteiger partial charge in [-0.25, -0.2) is 0 Å². The summed E-state index contributed by atoms with van der Waals surface area (Å²) in [5.74, 6) is 1.89. The van der Waals surface area contributed by atoms with Crippen molar-refractivity contribution in [2.75, 3.05) is 5.33 Å². The number of halogens is 1. The topological polar surface area (TPSA) is 40.5 Å². The number of fused-ring (bicyclic) bond motifs is 1. The zero-order valence-electron chi connectivity index (χ0n) is 16.9. The van der Waals surface area contributed by atoms with E-state index >= 15 is 0 Å². The van der Waals surface area contributed by atoms with E-state index in [9.17, 15) is 10.2 Å². The first-order chi connectivity index (χ1) is 12.8. The molecule has 2 fully saturated rings. The molecule has 2 bridgehead atoms. The van der Waals surface area contributed by atoms with Crippen LogP contribution in [0.15, 0.2) is 23.8 Å². The SMILES string of the molecule is CC1=C[C@H](c2c(O)cc(C3(CCCCBr)CCC3)cc2O)[C@@H]2C[C@H]1C2(C)C. The fourth-order valence-electron chi connectivity index (χ4n) is 6.26. The van der Waals surface area contributed by atoms with Gasteiger partial charge in [-0.15, -0.1) is 0 Å². The predicted molar refractivity (Wildman–Crippen MR) is 115 cm³/mol. The lowest BCUT2D eigenvalue weighted by atomic mass is 9.45. The van der Waals surface area contributed by atoms with Crippen molar-refractivity contribution < 1.29 is 10.2 Å². The van der Waals surface area contributed by atoms with Crippen LogP contribution in [0, 0.1) is 17.3 Å². The molecule has 4 aliphatic carbocycles. The summed E-state index contributed by atoms with van der Waals surface area (Å²) >= 11 is 3.53. The Morgan fingerprint density at radius 1 is 1.11 bits per heavy atom. The Morgan fingerprint density at radius 2 is 1.78 bits per heavy atom. The van der Waals surface area contributed by atoms with Crippen molar-refractivity contribution in [2.45, 2.75) is 77.0 Å². The molecule has 2 N–H and O–H groups in total. The molecule has 148 valence electrons. The highest BCUT2D eigenvalue weighted by atomic mass is 79.9. The van der Waals surface area contributed by atoms with Crippen molar-refractivity contribution in [1.29, 1.82) is 0 Å². The second kappa shape index (κ2) is 6.83. The number of benzene rings is 1. The Bertz CT molecular complexity index is 737. The Morgan fingerprint density at radius 3 is 2.26 bits per heavy atom. The normalized spacial score (nSPS) is 30.2. The summed E-state index contributed by atoms with van der Waals surface area (Å²) < 4.78 is 0. The number of allylic oxidation sites excluding steroid dienone is 2. The molecule has 27 heavy (non-hydrogen) atoms. The van der Waals surface area contributed by atoms with E-state index in [0.717, 1.165) is 22.9 Å². The van der Waals surface area contributed by atoms with Crippen LogP contribution in [0.1, 0.15) is 82.8 Å². The van der Waals surface area contributed by atoms with Gasteiger partial charge in [0, 0.05) is 16.8 Å². The second-order valence-electron chi connectivity index (χ2n) is 9.86. The van der Waals surface area contributed by atoms with Gasteiger partial charge in [-0.1, -0.05) is 54.3 Å². The summed E-state index contributed by atoms with van der Waals surface area (Å²) in [6, 6.07) is 3.95. The minimum Gasteiger partial charge on any atom is -0.507 e. The van der Waals surface area contributed by atoms with Crippen molar-refractivity contribution in [2.24, 2.45) is 17.3 Å². The number of phenolic OH excluding ortho intramolecular Hbond substituents is 2. The van der Waals surface area contributed by atoms with E-state index in [1.165, 1.54) is 44.1 Å². The second-order valence-corrected chi connectivity index (χ2v) is 10.7. The smallest absolute Gasteiger partial charge is 0.123 e. The maximum atomic E-state index is 11.0. The van der Waals surface area contributed by atoms with Gasteiger partial charge >= 0.3 is 0 Å². The molecule has 3 heteroatoms. The van der Waals surface area contributed by atoms with Gasteiger partial charge < -0.3 is 10.2 Å². The number of hydrogen-bond donors (Lipinski definition) is 2. The molecule has 0 aromatic heterocycles. The highest BCUT2D eigenvalue weighted by Gasteiger charge is 2.55. The molecule has 1 aromatic carbocycles. The lowest BCUT2D eigenvalue weighted by Gasteiger charge is -2.59. The van der Waals surface area contributed by atoms with Gasteiger partial charge in [0.1, 0.15) is 11.5 Å². The molecule has 0 saturated heterocycles. The summed E-state index contributed by atoms with van der Waals surface area (Å²) in [5, 5.41) is 23.0. The van der Waals surface area contributed by atoms with Crippen molar-refractivity contribution in [3.05, 3.63) is 34.9 Å². The van der Waals surface area contributed by atoms with E-state index in [0.29, 0.717) is 23.3 Å². The summed E-state index contributed by atoms with van der Waals surface area (Å²) in [6.45, 7) is 6.89. The summed E-state index contributed by atoms with van der Waals surface area (Å²) in [6.07, 6.45) is 10.6. The Labute approximate surface area is 172 Å². The van der Waals surface area contributed by atoms with Gasteiger partial charge in [-0.05, 0) is 79.4 Å². The maximum Gasteiger partial charge on any atom is 0.123 e. The number of unbranched alkanes of at least 4 members (excludes halogenated alkanes) is 1. The standard InChI is InChI=1S/C24H33BrO2/c1-15-11-17(19-14-18(15)23(19,2)3)22-20(26)12-16(13-21(22)27)24(8-6-9-24)7-4-5-10-25/h11-13,17-19,26-27H,4-10,14H2,1-3H3/t17-,18+,19-/m0/s1. The van der Waals surface area contributed by atoms with Gasteiger partial charge in [-0.2, -0.15) is 0 Å². The fraction of sp³-hybridized carbons (Fsp3) is 0.667. The summed E-state index contributed by atoms with van der Waals surface area (Å²) in [7, 11) is 0. The highest BCUT2D eigenvalue weighted by molar-refractivity contribution is 9.09. The van der Waals surface area contributed by atoms with Gasteiger partial charge in [0.25, 0.3) is 0 Å². The average molecular weight is 433 g/mol. The van der Waals surface area contributed by atoms with E-state index in [1.54, 1.807) is 0 Å². The molecule has 2 nitrogen and oxygen atoms in total. The van der Waals surface area contributed by atoms with E-state index in [4.69, 9.17) is 0 Å². The van der Waals surface area contributed by atoms with Crippen LogP contribution in [0.2, 0.25) is 0 Å². The van der Waals surface area contributed by atoms with Crippen LogP contribution in [0.25, 0.3) is 0 Å². The van der Waals surface area contributed by atoms with Gasteiger partial charge in [-0.3, -0.25) is 0 Å². The molecule has 5 rings (SSSR count). The van der Waals surface area contributed by atoms with Gasteiger partial charge in [0.05, 0.1) is 0 Å². The number of alkyl halides is 1. The van der Waals surface area contributed by atoms with Crippen LogP contribution in [-0.4, -0.2) is 15.5 Å². The molecule has 3 atom stereocenters. The van der Waals surface area contributed by atoms with Crippen LogP contribution >= 0.6 is 15.9 Å². The number of hydrogen-bond acceptors (Lipinski definition) is 2. The molecule has 4 aliphatic rings. The quantitative estimate of drug-likeness (QED) is 0.295. The third-order valence-electron chi connectivity index (χ3n) is 8.20. The first kappa shape index (κ1) is 19.4. The lowest BCUT2D eigenvalue weighted by Crippen LogP contribution is -2.50. The zero-order chi connectivity index (χ0) is 19.4. The van der Waals surface area contributed by atoms with Crippen LogP contribution in [0.5, 0.6) is 11.5 Å². The number of aromatic hydroxyl groups is 2. The molecule has 2 saturated carbocycles. The summed E-state index contributed by atoms with van der Waals surface area (Å²) in [4.78, 5) is 0. The maximum absolute atomic E-state index is 11.0. The molecule has 0 aliphatic heterocycles. The molecule has 0 unspecified atom stereocenters. The Kier molecular flexibility index (Phi) is 4.90. The van der Waals surface area contributed by atoms with Crippen LogP contribution < -0.4 is 0 Å². The number of rotatable bonds is 6. The van der Waals surface area contributed by atoms with Crippen LogP contribution in [0.4, 0.5) is 0 Å². The first-order valence-electron chi connectivity index (χ1n) is 10.6. The molecule has 0 spiro atoms. The van der Waals surface area contributed by atoms with E-state index in [1.807, 2.05) is 12.1 Å². The largest absolute Gasteiger partial charge is 0.507 e. The van der Waals surface area contributed by atoms with Gasteiger partial charge in [0.2, 0.25) is 0 Å². The van der Waals surface area contributed by atoms with Gasteiger partial charge in [0.15, 0.2) is 0 Å². The average Bonchev–Trinajstić information content (AvgIpc) is 2.55. The zero-order valence-corrected chi connectivity index (χ0v) is 18.5. The Balaban J connectivity index is 1.66.